The van der Waals surface area contributed by atoms with Gasteiger partial charge in [-0.2, -0.15) is 0 Å². The molecule has 0 aliphatic rings. The molecule has 0 aliphatic carbocycles. The number of benzene rings is 1. The number of hydrogen-bond acceptors (Lipinski definition) is 4. The highest BCUT2D eigenvalue weighted by Gasteiger charge is 2.38. The third-order valence-electron chi connectivity index (χ3n) is 2.74. The van der Waals surface area contributed by atoms with Gasteiger partial charge in [0.05, 0.1) is 0 Å². The lowest BCUT2D eigenvalue weighted by atomic mass is 10.1. The first-order chi connectivity index (χ1) is 10.8. The Labute approximate surface area is 149 Å². The van der Waals surface area contributed by atoms with Gasteiger partial charge in [0, 0.05) is 18.2 Å². The minimum Gasteiger partial charge on any atom is -0.455 e. The maximum Gasteiger partial charge on any atom is 0.345 e. The van der Waals surface area contributed by atoms with Crippen molar-refractivity contribution in [2.45, 2.75) is 18.3 Å². The SMILES string of the molecule is C=CC(=O)OC(C[Si](Cl)(Cl)Cl)C(OC(=O)C=C)c1ccccc1. The van der Waals surface area contributed by atoms with E-state index in [-0.39, 0.29) is 6.04 Å². The molecule has 0 aliphatic heterocycles. The summed E-state index contributed by atoms with van der Waals surface area (Å²) in [6.45, 7) is 6.68. The molecule has 1 aromatic carbocycles. The van der Waals surface area contributed by atoms with Gasteiger partial charge >= 0.3 is 17.9 Å². The molecular weight excluding hydrogens is 379 g/mol. The number of halogens is 3. The van der Waals surface area contributed by atoms with Crippen molar-refractivity contribution in [2.75, 3.05) is 0 Å². The summed E-state index contributed by atoms with van der Waals surface area (Å²) in [4.78, 5) is 23.2. The maximum atomic E-state index is 11.6. The Bertz CT molecular complexity index is 572. The van der Waals surface area contributed by atoms with Gasteiger partial charge in [-0.25, -0.2) is 9.59 Å². The zero-order chi connectivity index (χ0) is 17.5. The number of hydrogen-bond donors (Lipinski definition) is 0. The average Bonchev–Trinajstić information content (AvgIpc) is 2.51. The lowest BCUT2D eigenvalue weighted by Gasteiger charge is -2.28. The first kappa shape index (κ1) is 19.8. The Morgan fingerprint density at radius 1 is 1.04 bits per heavy atom. The van der Waals surface area contributed by atoms with Gasteiger partial charge < -0.3 is 9.47 Å². The van der Waals surface area contributed by atoms with Crippen LogP contribution in [0.4, 0.5) is 0 Å². The van der Waals surface area contributed by atoms with E-state index in [2.05, 4.69) is 13.2 Å². The molecule has 2 unspecified atom stereocenters. The second kappa shape index (κ2) is 9.13. The van der Waals surface area contributed by atoms with Crippen molar-refractivity contribution in [3.05, 3.63) is 61.2 Å². The fraction of sp³-hybridized carbons (Fsp3) is 0.200. The van der Waals surface area contributed by atoms with E-state index in [4.69, 9.17) is 42.7 Å². The highest BCUT2D eigenvalue weighted by molar-refractivity contribution is 7.64. The molecule has 0 radical (unpaired) electrons. The van der Waals surface area contributed by atoms with Gasteiger partial charge in [0.2, 0.25) is 0 Å². The lowest BCUT2D eigenvalue weighted by molar-refractivity contribution is -0.160. The molecule has 0 fully saturated rings. The van der Waals surface area contributed by atoms with Crippen molar-refractivity contribution in [3.63, 3.8) is 0 Å². The van der Waals surface area contributed by atoms with Gasteiger partial charge in [0.15, 0.2) is 6.10 Å². The lowest BCUT2D eigenvalue weighted by Crippen LogP contribution is -2.33. The predicted molar refractivity (Wildman–Crippen MR) is 93.7 cm³/mol. The van der Waals surface area contributed by atoms with Crippen LogP contribution in [0.3, 0.4) is 0 Å². The second-order valence-corrected chi connectivity index (χ2v) is 13.7. The summed E-state index contributed by atoms with van der Waals surface area (Å²) in [5.74, 6) is -1.38. The van der Waals surface area contributed by atoms with Crippen molar-refractivity contribution in [1.29, 1.82) is 0 Å². The van der Waals surface area contributed by atoms with Gasteiger partial charge in [-0.05, 0) is 5.56 Å². The third-order valence-corrected chi connectivity index (χ3v) is 5.00. The average molecular weight is 394 g/mol. The van der Waals surface area contributed by atoms with E-state index in [1.807, 2.05) is 0 Å². The van der Waals surface area contributed by atoms with Crippen molar-refractivity contribution in [3.8, 4) is 0 Å². The van der Waals surface area contributed by atoms with Crippen molar-refractivity contribution in [2.24, 2.45) is 0 Å². The molecule has 0 N–H and O–H groups in total. The van der Waals surface area contributed by atoms with Gasteiger partial charge in [0.1, 0.15) is 6.10 Å². The standard InChI is InChI=1S/C15H15Cl3O4Si/c1-3-13(19)21-12(10-23(16,17)18)15(22-14(20)4-2)11-8-6-5-7-9-11/h3-9,12,15H,1-2,10H2. The molecule has 0 saturated heterocycles. The van der Waals surface area contributed by atoms with Crippen molar-refractivity contribution >= 4 is 51.2 Å². The van der Waals surface area contributed by atoms with Gasteiger partial charge in [-0.15, -0.1) is 33.2 Å². The first-order valence-corrected chi connectivity index (χ1v) is 11.8. The molecule has 0 saturated carbocycles. The van der Waals surface area contributed by atoms with Crippen molar-refractivity contribution in [1.82, 2.24) is 0 Å². The van der Waals surface area contributed by atoms with E-state index in [0.717, 1.165) is 12.2 Å². The number of carbonyl (C=O) groups excluding carboxylic acids is 2. The molecule has 1 aromatic rings. The molecule has 2 atom stereocenters. The van der Waals surface area contributed by atoms with Crippen LogP contribution in [-0.4, -0.2) is 24.0 Å². The topological polar surface area (TPSA) is 52.6 Å². The minimum atomic E-state index is -3.17. The Morgan fingerprint density at radius 2 is 1.57 bits per heavy atom. The van der Waals surface area contributed by atoms with Crippen LogP contribution in [-0.2, 0) is 19.1 Å². The summed E-state index contributed by atoms with van der Waals surface area (Å²) in [5.41, 5.74) is 0.604. The van der Waals surface area contributed by atoms with Crippen LogP contribution in [0.1, 0.15) is 11.7 Å². The number of esters is 2. The maximum absolute atomic E-state index is 11.6. The highest BCUT2D eigenvalue weighted by Crippen LogP contribution is 2.35. The summed E-state index contributed by atoms with van der Waals surface area (Å²) < 4.78 is 10.6. The summed E-state index contributed by atoms with van der Waals surface area (Å²) in [7, 11) is 0. The fourth-order valence-corrected chi connectivity index (χ4v) is 3.93. The van der Waals surface area contributed by atoms with Gasteiger partial charge in [-0.3, -0.25) is 0 Å². The Hall–Kier alpha value is -1.27. The minimum absolute atomic E-state index is 0.0404. The van der Waals surface area contributed by atoms with Crippen LogP contribution < -0.4 is 0 Å². The summed E-state index contributed by atoms with van der Waals surface area (Å²) in [6.07, 6.45) is 0.124. The fourth-order valence-electron chi connectivity index (χ4n) is 1.81. The smallest absolute Gasteiger partial charge is 0.345 e. The van der Waals surface area contributed by atoms with Crippen LogP contribution in [0, 0.1) is 0 Å². The summed E-state index contributed by atoms with van der Waals surface area (Å²) in [5, 5.41) is 0. The predicted octanol–water partition coefficient (Wildman–Crippen LogP) is 4.21. The molecule has 8 heteroatoms. The van der Waals surface area contributed by atoms with E-state index in [0.29, 0.717) is 5.56 Å². The molecule has 0 aromatic heterocycles. The normalized spacial score (nSPS) is 13.5. The van der Waals surface area contributed by atoms with E-state index in [9.17, 15) is 9.59 Å². The number of carbonyl (C=O) groups is 2. The molecule has 124 valence electrons. The van der Waals surface area contributed by atoms with Crippen LogP contribution in [0.15, 0.2) is 55.6 Å². The zero-order valence-electron chi connectivity index (χ0n) is 12.1. The van der Waals surface area contributed by atoms with E-state index in [1.165, 1.54) is 0 Å². The Kier molecular flexibility index (Phi) is 7.85. The first-order valence-electron chi connectivity index (χ1n) is 6.54. The molecular formula is C15H15Cl3O4Si. The van der Waals surface area contributed by atoms with Crippen molar-refractivity contribution < 1.29 is 19.1 Å². The summed E-state index contributed by atoms with van der Waals surface area (Å²) >= 11 is 17.8. The van der Waals surface area contributed by atoms with Crippen LogP contribution in [0.25, 0.3) is 0 Å². The molecule has 23 heavy (non-hydrogen) atoms. The number of ether oxygens (including phenoxy) is 2. The van der Waals surface area contributed by atoms with Crippen LogP contribution in [0.2, 0.25) is 6.04 Å². The quantitative estimate of drug-likeness (QED) is 0.287. The van der Waals surface area contributed by atoms with E-state index in [1.54, 1.807) is 30.3 Å². The molecule has 0 spiro atoms. The van der Waals surface area contributed by atoms with Crippen LogP contribution >= 0.6 is 33.2 Å². The molecule has 0 bridgehead atoms. The second-order valence-electron chi connectivity index (χ2n) is 4.47. The van der Waals surface area contributed by atoms with Gasteiger partial charge in [0.25, 0.3) is 0 Å². The van der Waals surface area contributed by atoms with Crippen LogP contribution in [0.5, 0.6) is 0 Å². The largest absolute Gasteiger partial charge is 0.455 e. The summed E-state index contributed by atoms with van der Waals surface area (Å²) in [6, 6.07) is 5.53. The molecule has 0 amide bonds. The monoisotopic (exact) mass is 392 g/mol. The molecule has 4 nitrogen and oxygen atoms in total. The van der Waals surface area contributed by atoms with E-state index >= 15 is 0 Å². The highest BCUT2D eigenvalue weighted by atomic mass is 35.8. The molecule has 0 heterocycles. The van der Waals surface area contributed by atoms with E-state index < -0.39 is 30.1 Å². The van der Waals surface area contributed by atoms with Gasteiger partial charge in [-0.1, -0.05) is 43.5 Å². The third kappa shape index (κ3) is 7.22. The number of rotatable bonds is 8. The Morgan fingerprint density at radius 3 is 2.04 bits per heavy atom. The molecule has 1 rings (SSSR count). The zero-order valence-corrected chi connectivity index (χ0v) is 15.4. The Balaban J connectivity index is 3.18.